The number of carbonyl (C=O) groups excluding carboxylic acids is 2. The number of benzene rings is 2. The Balaban J connectivity index is 1.87. The van der Waals surface area contributed by atoms with Gasteiger partial charge >= 0.3 is 0 Å². The Morgan fingerprint density at radius 3 is 2.50 bits per heavy atom. The molecule has 150 valence electrons. The first-order chi connectivity index (χ1) is 13.5. The van der Waals surface area contributed by atoms with Crippen molar-refractivity contribution in [2.45, 2.75) is 19.9 Å². The maximum absolute atomic E-state index is 12.2. The molecule has 0 spiro atoms. The largest absolute Gasteiger partial charge is 0.491 e. The zero-order valence-corrected chi connectivity index (χ0v) is 16.5. The van der Waals surface area contributed by atoms with E-state index in [-0.39, 0.29) is 24.4 Å². The van der Waals surface area contributed by atoms with Gasteiger partial charge in [-0.2, -0.15) is 0 Å². The molecule has 0 unspecified atom stereocenters. The third-order valence-corrected chi connectivity index (χ3v) is 3.67. The van der Waals surface area contributed by atoms with Crippen molar-refractivity contribution < 1.29 is 19.1 Å². The highest BCUT2D eigenvalue weighted by Crippen LogP contribution is 2.17. The lowest BCUT2D eigenvalue weighted by Crippen LogP contribution is -2.30. The molecular weight excluding hydrogens is 358 g/mol. The SMILES string of the molecule is COCCOc1cccc(NC(=O)CNc2cccc(C(=O)NC(C)C)c2)c1. The van der Waals surface area contributed by atoms with Gasteiger partial charge in [0.05, 0.1) is 13.2 Å². The van der Waals surface area contributed by atoms with Crippen LogP contribution in [0.25, 0.3) is 0 Å². The van der Waals surface area contributed by atoms with Gasteiger partial charge in [-0.15, -0.1) is 0 Å². The van der Waals surface area contributed by atoms with Crippen LogP contribution in [0.3, 0.4) is 0 Å². The minimum Gasteiger partial charge on any atom is -0.491 e. The van der Waals surface area contributed by atoms with Gasteiger partial charge < -0.3 is 25.4 Å². The third-order valence-electron chi connectivity index (χ3n) is 3.67. The van der Waals surface area contributed by atoms with Gasteiger partial charge in [0.25, 0.3) is 5.91 Å². The van der Waals surface area contributed by atoms with Crippen LogP contribution in [0, 0.1) is 0 Å². The fourth-order valence-corrected chi connectivity index (χ4v) is 2.41. The first-order valence-corrected chi connectivity index (χ1v) is 9.14. The Bertz CT molecular complexity index is 793. The van der Waals surface area contributed by atoms with E-state index in [1.807, 2.05) is 32.0 Å². The van der Waals surface area contributed by atoms with E-state index in [4.69, 9.17) is 9.47 Å². The van der Waals surface area contributed by atoms with Gasteiger partial charge in [0.15, 0.2) is 0 Å². The van der Waals surface area contributed by atoms with E-state index in [0.717, 1.165) is 0 Å². The van der Waals surface area contributed by atoms with E-state index >= 15 is 0 Å². The fourth-order valence-electron chi connectivity index (χ4n) is 2.41. The standard InChI is InChI=1S/C21H27N3O4/c1-15(2)23-21(26)16-6-4-7-17(12-16)22-14-20(25)24-18-8-5-9-19(13-18)28-11-10-27-3/h4-9,12-13,15,22H,10-11,14H2,1-3H3,(H,23,26)(H,24,25). The summed E-state index contributed by atoms with van der Waals surface area (Å²) in [6.07, 6.45) is 0. The first kappa shape index (κ1) is 21.2. The number of carbonyl (C=O) groups is 2. The molecular formula is C21H27N3O4. The van der Waals surface area contributed by atoms with E-state index in [9.17, 15) is 9.59 Å². The molecule has 0 aromatic heterocycles. The molecule has 2 rings (SSSR count). The van der Waals surface area contributed by atoms with Crippen LogP contribution >= 0.6 is 0 Å². The van der Waals surface area contributed by atoms with Crippen LogP contribution in [0.5, 0.6) is 5.75 Å². The minimum atomic E-state index is -0.203. The maximum Gasteiger partial charge on any atom is 0.251 e. The van der Waals surface area contributed by atoms with Gasteiger partial charge in [0, 0.05) is 36.2 Å². The average Bonchev–Trinajstić information content (AvgIpc) is 2.67. The highest BCUT2D eigenvalue weighted by Gasteiger charge is 2.08. The normalized spacial score (nSPS) is 10.4. The Labute approximate surface area is 165 Å². The van der Waals surface area contributed by atoms with Crippen molar-refractivity contribution in [2.24, 2.45) is 0 Å². The summed E-state index contributed by atoms with van der Waals surface area (Å²) in [5.74, 6) is 0.311. The highest BCUT2D eigenvalue weighted by atomic mass is 16.5. The summed E-state index contributed by atoms with van der Waals surface area (Å²) >= 11 is 0. The van der Waals surface area contributed by atoms with Crippen LogP contribution < -0.4 is 20.7 Å². The van der Waals surface area contributed by atoms with Gasteiger partial charge in [-0.1, -0.05) is 12.1 Å². The molecule has 0 aliphatic heterocycles. The van der Waals surface area contributed by atoms with Crippen LogP contribution in [0.2, 0.25) is 0 Å². The molecule has 0 bridgehead atoms. The molecule has 0 aliphatic rings. The molecule has 7 nitrogen and oxygen atoms in total. The van der Waals surface area contributed by atoms with E-state index in [1.54, 1.807) is 37.4 Å². The number of rotatable bonds is 10. The Kier molecular flexibility index (Phi) is 8.30. The van der Waals surface area contributed by atoms with Gasteiger partial charge in [-0.25, -0.2) is 0 Å². The van der Waals surface area contributed by atoms with Crippen LogP contribution in [-0.4, -0.2) is 44.7 Å². The highest BCUT2D eigenvalue weighted by molar-refractivity contribution is 5.96. The number of hydrogen-bond donors (Lipinski definition) is 3. The smallest absolute Gasteiger partial charge is 0.251 e. The molecule has 3 N–H and O–H groups in total. The van der Waals surface area contributed by atoms with Crippen LogP contribution in [0.1, 0.15) is 24.2 Å². The molecule has 2 amide bonds. The fraction of sp³-hybridized carbons (Fsp3) is 0.333. The van der Waals surface area contributed by atoms with Gasteiger partial charge in [0.1, 0.15) is 12.4 Å². The first-order valence-electron chi connectivity index (χ1n) is 9.14. The summed E-state index contributed by atoms with van der Waals surface area (Å²) < 4.78 is 10.5. The van der Waals surface area contributed by atoms with Crippen molar-refractivity contribution in [1.82, 2.24) is 5.32 Å². The van der Waals surface area contributed by atoms with E-state index in [0.29, 0.717) is 35.9 Å². The predicted octanol–water partition coefficient (Wildman–Crippen LogP) is 2.90. The molecule has 2 aromatic carbocycles. The molecule has 0 saturated heterocycles. The summed E-state index contributed by atoms with van der Waals surface area (Å²) in [7, 11) is 1.61. The average molecular weight is 385 g/mol. The maximum atomic E-state index is 12.2. The van der Waals surface area contributed by atoms with Crippen LogP contribution in [0.15, 0.2) is 48.5 Å². The zero-order valence-electron chi connectivity index (χ0n) is 16.5. The molecule has 0 aliphatic carbocycles. The predicted molar refractivity (Wildman–Crippen MR) is 110 cm³/mol. The number of anilines is 2. The summed E-state index contributed by atoms with van der Waals surface area (Å²) in [5.41, 5.74) is 1.88. The van der Waals surface area contributed by atoms with Crippen molar-refractivity contribution in [3.05, 3.63) is 54.1 Å². The quantitative estimate of drug-likeness (QED) is 0.547. The number of methoxy groups -OCH3 is 1. The van der Waals surface area contributed by atoms with Crippen LogP contribution in [-0.2, 0) is 9.53 Å². The van der Waals surface area contributed by atoms with Gasteiger partial charge in [-0.05, 0) is 44.2 Å². The van der Waals surface area contributed by atoms with Gasteiger partial charge in [0.2, 0.25) is 5.91 Å². The second-order valence-electron chi connectivity index (χ2n) is 6.48. The van der Waals surface area contributed by atoms with Gasteiger partial charge in [-0.3, -0.25) is 9.59 Å². The van der Waals surface area contributed by atoms with Crippen molar-refractivity contribution in [3.63, 3.8) is 0 Å². The molecule has 0 heterocycles. The van der Waals surface area contributed by atoms with Crippen molar-refractivity contribution in [2.75, 3.05) is 37.5 Å². The van der Waals surface area contributed by atoms with E-state index in [2.05, 4.69) is 16.0 Å². The molecule has 0 atom stereocenters. The Morgan fingerprint density at radius 1 is 1.00 bits per heavy atom. The summed E-state index contributed by atoms with van der Waals surface area (Å²) in [4.78, 5) is 24.3. The lowest BCUT2D eigenvalue weighted by atomic mass is 10.1. The van der Waals surface area contributed by atoms with Crippen molar-refractivity contribution in [1.29, 1.82) is 0 Å². The summed E-state index contributed by atoms with van der Waals surface area (Å²) in [5, 5.41) is 8.69. The lowest BCUT2D eigenvalue weighted by Gasteiger charge is -2.11. The van der Waals surface area contributed by atoms with Crippen LogP contribution in [0.4, 0.5) is 11.4 Å². The van der Waals surface area contributed by atoms with Crippen molar-refractivity contribution in [3.8, 4) is 5.75 Å². The topological polar surface area (TPSA) is 88.7 Å². The van der Waals surface area contributed by atoms with Crippen molar-refractivity contribution >= 4 is 23.2 Å². The molecule has 0 fully saturated rings. The lowest BCUT2D eigenvalue weighted by molar-refractivity contribution is -0.114. The molecule has 0 radical (unpaired) electrons. The second kappa shape index (κ2) is 10.9. The van der Waals surface area contributed by atoms with E-state index in [1.165, 1.54) is 0 Å². The number of ether oxygens (including phenoxy) is 2. The number of hydrogen-bond acceptors (Lipinski definition) is 5. The summed E-state index contributed by atoms with van der Waals surface area (Å²) in [6.45, 7) is 4.82. The molecule has 7 heteroatoms. The Morgan fingerprint density at radius 2 is 1.75 bits per heavy atom. The zero-order chi connectivity index (χ0) is 20.4. The third kappa shape index (κ3) is 7.28. The number of nitrogens with one attached hydrogen (secondary N) is 3. The second-order valence-corrected chi connectivity index (χ2v) is 6.48. The molecule has 0 saturated carbocycles. The summed E-state index contributed by atoms with van der Waals surface area (Å²) in [6, 6.07) is 14.3. The molecule has 28 heavy (non-hydrogen) atoms. The molecule has 2 aromatic rings. The monoisotopic (exact) mass is 385 g/mol. The number of amides is 2. The van der Waals surface area contributed by atoms with E-state index < -0.39 is 0 Å². The minimum absolute atomic E-state index is 0.0594. The Hall–Kier alpha value is -3.06.